The fourth-order valence-electron chi connectivity index (χ4n) is 1.49. The van der Waals surface area contributed by atoms with Gasteiger partial charge < -0.3 is 9.84 Å². The van der Waals surface area contributed by atoms with E-state index < -0.39 is 5.97 Å². The number of thiazole rings is 1. The number of aromatic nitrogens is 1. The van der Waals surface area contributed by atoms with E-state index in [1.165, 1.54) is 11.3 Å². The van der Waals surface area contributed by atoms with Crippen LogP contribution >= 0.6 is 22.7 Å². The lowest BCUT2D eigenvalue weighted by molar-refractivity contribution is -0.136. The Hall–Kier alpha value is -1.24. The lowest BCUT2D eigenvalue weighted by atomic mass is 10.3. The highest BCUT2D eigenvalue weighted by Crippen LogP contribution is 2.29. The molecule has 0 aliphatic rings. The summed E-state index contributed by atoms with van der Waals surface area (Å²) in [4.78, 5) is 17.0. The van der Waals surface area contributed by atoms with Gasteiger partial charge in [0.1, 0.15) is 0 Å². The number of hydrogen-bond donors (Lipinski definition) is 1. The Kier molecular flexibility index (Phi) is 4.46. The monoisotopic (exact) mass is 283 g/mol. The van der Waals surface area contributed by atoms with Crippen molar-refractivity contribution < 1.29 is 14.6 Å². The third kappa shape index (κ3) is 3.38. The first kappa shape index (κ1) is 13.2. The van der Waals surface area contributed by atoms with Gasteiger partial charge in [0, 0.05) is 23.8 Å². The molecule has 0 saturated heterocycles. The largest absolute Gasteiger partial charge is 0.481 e. The molecule has 2 aromatic rings. The summed E-state index contributed by atoms with van der Waals surface area (Å²) in [6.45, 7) is 0.668. The average Bonchev–Trinajstić information content (AvgIpc) is 2.94. The van der Waals surface area contributed by atoms with Gasteiger partial charge in [-0.3, -0.25) is 4.79 Å². The van der Waals surface area contributed by atoms with Gasteiger partial charge in [-0.25, -0.2) is 4.98 Å². The Morgan fingerprint density at radius 2 is 2.33 bits per heavy atom. The maximum atomic E-state index is 10.6. The van der Waals surface area contributed by atoms with Crippen LogP contribution in [0.1, 0.15) is 9.88 Å². The third-order valence-electron chi connectivity index (χ3n) is 2.31. The van der Waals surface area contributed by atoms with Crippen LogP contribution in [0.25, 0.3) is 10.6 Å². The van der Waals surface area contributed by atoms with E-state index in [1.54, 1.807) is 18.4 Å². The molecule has 0 aromatic carbocycles. The van der Waals surface area contributed by atoms with Gasteiger partial charge in [0.25, 0.3) is 0 Å². The number of carbonyl (C=O) groups is 1. The van der Waals surface area contributed by atoms with Gasteiger partial charge in [0.15, 0.2) is 0 Å². The number of thiophene rings is 1. The minimum Gasteiger partial charge on any atom is -0.481 e. The van der Waals surface area contributed by atoms with Gasteiger partial charge in [-0.05, 0) is 12.1 Å². The lowest BCUT2D eigenvalue weighted by Crippen LogP contribution is -1.96. The van der Waals surface area contributed by atoms with Crippen molar-refractivity contribution in [1.29, 1.82) is 0 Å². The molecule has 4 nitrogen and oxygen atoms in total. The van der Waals surface area contributed by atoms with Crippen LogP contribution in [-0.4, -0.2) is 29.8 Å². The SMILES string of the molecule is COCCc1nc(-c2ccc(CC(=O)O)s2)cs1. The van der Waals surface area contributed by atoms with Crippen LogP contribution in [0.5, 0.6) is 0 Å². The molecule has 18 heavy (non-hydrogen) atoms. The van der Waals surface area contributed by atoms with Crippen LogP contribution in [0.3, 0.4) is 0 Å². The number of rotatable bonds is 6. The molecular formula is C12H13NO3S2. The van der Waals surface area contributed by atoms with Gasteiger partial charge in [-0.15, -0.1) is 22.7 Å². The number of carboxylic acids is 1. The van der Waals surface area contributed by atoms with Crippen LogP contribution in [0.2, 0.25) is 0 Å². The molecule has 0 bridgehead atoms. The van der Waals surface area contributed by atoms with Crippen molar-refractivity contribution in [2.75, 3.05) is 13.7 Å². The normalized spacial score (nSPS) is 10.7. The molecule has 1 N–H and O–H groups in total. The molecule has 0 fully saturated rings. The molecule has 0 saturated carbocycles. The van der Waals surface area contributed by atoms with E-state index in [1.807, 2.05) is 17.5 Å². The maximum Gasteiger partial charge on any atom is 0.308 e. The standard InChI is InChI=1S/C12H13NO3S2/c1-16-5-4-11-13-9(7-17-11)10-3-2-8(18-10)6-12(14)15/h2-3,7H,4-6H2,1H3,(H,14,15). The van der Waals surface area contributed by atoms with Crippen molar-refractivity contribution in [3.63, 3.8) is 0 Å². The molecule has 96 valence electrons. The van der Waals surface area contributed by atoms with Gasteiger partial charge in [0.05, 0.1) is 28.6 Å². The first-order chi connectivity index (χ1) is 8.69. The number of carboxylic acid groups (broad SMARTS) is 1. The maximum absolute atomic E-state index is 10.6. The smallest absolute Gasteiger partial charge is 0.308 e. The first-order valence-electron chi connectivity index (χ1n) is 5.43. The van der Waals surface area contributed by atoms with E-state index in [0.717, 1.165) is 26.9 Å². The molecule has 2 aromatic heterocycles. The second kappa shape index (κ2) is 6.08. The summed E-state index contributed by atoms with van der Waals surface area (Å²) in [6, 6.07) is 3.78. The molecule has 2 heterocycles. The van der Waals surface area contributed by atoms with Crippen molar-refractivity contribution in [3.05, 3.63) is 27.4 Å². The van der Waals surface area contributed by atoms with Crippen molar-refractivity contribution in [3.8, 4) is 10.6 Å². The van der Waals surface area contributed by atoms with Gasteiger partial charge in [-0.1, -0.05) is 0 Å². The quantitative estimate of drug-likeness (QED) is 0.885. The summed E-state index contributed by atoms with van der Waals surface area (Å²) in [7, 11) is 1.67. The Balaban J connectivity index is 2.08. The van der Waals surface area contributed by atoms with Crippen LogP contribution in [0.15, 0.2) is 17.5 Å². The Labute approximate surface area is 113 Å². The molecule has 0 atom stereocenters. The summed E-state index contributed by atoms with van der Waals surface area (Å²) in [6.07, 6.45) is 0.889. The van der Waals surface area contributed by atoms with Crippen LogP contribution in [0.4, 0.5) is 0 Å². The van der Waals surface area contributed by atoms with E-state index in [4.69, 9.17) is 9.84 Å². The topological polar surface area (TPSA) is 59.4 Å². The summed E-state index contributed by atoms with van der Waals surface area (Å²) < 4.78 is 5.01. The molecule has 0 spiro atoms. The zero-order valence-corrected chi connectivity index (χ0v) is 11.5. The van der Waals surface area contributed by atoms with Crippen molar-refractivity contribution in [2.24, 2.45) is 0 Å². The number of ether oxygens (including phenoxy) is 1. The first-order valence-corrected chi connectivity index (χ1v) is 7.13. The minimum absolute atomic E-state index is 0.0747. The van der Waals surface area contributed by atoms with Crippen LogP contribution < -0.4 is 0 Å². The van der Waals surface area contributed by atoms with E-state index in [-0.39, 0.29) is 6.42 Å². The predicted octanol–water partition coefficient (Wildman–Crippen LogP) is 2.69. The number of methoxy groups -OCH3 is 1. The fourth-order valence-corrected chi connectivity index (χ4v) is 3.30. The molecule has 2 rings (SSSR count). The number of nitrogens with zero attached hydrogens (tertiary/aromatic N) is 1. The molecule has 0 unspecified atom stereocenters. The molecule has 6 heteroatoms. The Morgan fingerprint density at radius 1 is 1.50 bits per heavy atom. The molecule has 0 radical (unpaired) electrons. The van der Waals surface area contributed by atoms with Gasteiger partial charge >= 0.3 is 5.97 Å². The fraction of sp³-hybridized carbons (Fsp3) is 0.333. The van der Waals surface area contributed by atoms with E-state index in [9.17, 15) is 4.79 Å². The van der Waals surface area contributed by atoms with E-state index in [2.05, 4.69) is 4.98 Å². The Bertz CT molecular complexity index is 533. The highest BCUT2D eigenvalue weighted by Gasteiger charge is 2.09. The second-order valence-corrected chi connectivity index (χ2v) is 5.82. The number of hydrogen-bond acceptors (Lipinski definition) is 5. The zero-order chi connectivity index (χ0) is 13.0. The summed E-state index contributed by atoms with van der Waals surface area (Å²) >= 11 is 3.09. The zero-order valence-electron chi connectivity index (χ0n) is 9.88. The van der Waals surface area contributed by atoms with Gasteiger partial charge in [0.2, 0.25) is 0 Å². The summed E-state index contributed by atoms with van der Waals surface area (Å²) in [5, 5.41) is 11.8. The summed E-state index contributed by atoms with van der Waals surface area (Å²) in [5.41, 5.74) is 0.924. The van der Waals surface area contributed by atoms with Crippen molar-refractivity contribution >= 4 is 28.6 Å². The number of aliphatic carboxylic acids is 1. The molecular weight excluding hydrogens is 270 g/mol. The molecule has 0 amide bonds. The van der Waals surface area contributed by atoms with E-state index >= 15 is 0 Å². The van der Waals surface area contributed by atoms with Crippen LogP contribution in [0, 0.1) is 0 Å². The molecule has 0 aliphatic carbocycles. The van der Waals surface area contributed by atoms with Crippen molar-refractivity contribution in [1.82, 2.24) is 4.98 Å². The highest BCUT2D eigenvalue weighted by atomic mass is 32.1. The van der Waals surface area contributed by atoms with E-state index in [0.29, 0.717) is 6.61 Å². The predicted molar refractivity (Wildman–Crippen MR) is 72.3 cm³/mol. The van der Waals surface area contributed by atoms with Crippen LogP contribution in [-0.2, 0) is 22.4 Å². The Morgan fingerprint density at radius 3 is 3.06 bits per heavy atom. The van der Waals surface area contributed by atoms with Gasteiger partial charge in [-0.2, -0.15) is 0 Å². The lowest BCUT2D eigenvalue weighted by Gasteiger charge is -1.93. The summed E-state index contributed by atoms with van der Waals surface area (Å²) in [5.74, 6) is -0.803. The van der Waals surface area contributed by atoms with Crippen molar-refractivity contribution in [2.45, 2.75) is 12.8 Å². The average molecular weight is 283 g/mol. The second-order valence-electron chi connectivity index (χ2n) is 3.71. The minimum atomic E-state index is -0.803. The highest BCUT2D eigenvalue weighted by molar-refractivity contribution is 7.16. The molecule has 0 aliphatic heterocycles. The third-order valence-corrected chi connectivity index (χ3v) is 4.33.